The molecule has 0 aliphatic heterocycles. The summed E-state index contributed by atoms with van der Waals surface area (Å²) in [5, 5.41) is 19.0. The maximum atomic E-state index is 10.4. The molecule has 0 bridgehead atoms. The molecule has 82 valence electrons. The molecular formula is C8H7Cl2NO4. The van der Waals surface area contributed by atoms with Gasteiger partial charge in [-0.1, -0.05) is 12.1 Å². The van der Waals surface area contributed by atoms with Crippen molar-refractivity contribution in [2.75, 3.05) is 5.34 Å². The Morgan fingerprint density at radius 1 is 1.40 bits per heavy atom. The van der Waals surface area contributed by atoms with Gasteiger partial charge in [0.25, 0.3) is 5.69 Å². The SMILES string of the molecule is ClCCl.O=C(O)c1ccccc1[N+](=O)[O-]. The minimum atomic E-state index is -1.29. The van der Waals surface area contributed by atoms with Crippen molar-refractivity contribution in [3.05, 3.63) is 39.9 Å². The zero-order chi connectivity index (χ0) is 11.8. The van der Waals surface area contributed by atoms with Crippen LogP contribution in [0.25, 0.3) is 0 Å². The Kier molecular flexibility index (Phi) is 6.40. The Bertz CT molecular complexity index is 323. The van der Waals surface area contributed by atoms with Crippen LogP contribution in [0.15, 0.2) is 24.3 Å². The van der Waals surface area contributed by atoms with E-state index in [0.29, 0.717) is 0 Å². The summed E-state index contributed by atoms with van der Waals surface area (Å²) < 4.78 is 0. The number of nitro groups is 1. The third-order valence-corrected chi connectivity index (χ3v) is 1.33. The van der Waals surface area contributed by atoms with Crippen molar-refractivity contribution in [2.45, 2.75) is 0 Å². The average molecular weight is 252 g/mol. The molecule has 0 heterocycles. The Labute approximate surface area is 95.4 Å². The van der Waals surface area contributed by atoms with E-state index in [0.717, 1.165) is 6.07 Å². The number of nitrogens with zero attached hydrogens (tertiary/aromatic N) is 1. The summed E-state index contributed by atoms with van der Waals surface area (Å²) in [6.45, 7) is 0. The van der Waals surface area contributed by atoms with Crippen LogP contribution >= 0.6 is 23.2 Å². The first-order chi connectivity index (χ1) is 7.04. The summed E-state index contributed by atoms with van der Waals surface area (Å²) >= 11 is 9.53. The standard InChI is InChI=1S/C7H5NO4.CH2Cl2/c9-7(10)5-3-1-2-4-6(5)8(11)12;2-1-3/h1-4H,(H,9,10);1H2. The lowest BCUT2D eigenvalue weighted by molar-refractivity contribution is -0.385. The van der Waals surface area contributed by atoms with Crippen LogP contribution in [0.3, 0.4) is 0 Å². The van der Waals surface area contributed by atoms with Crippen molar-refractivity contribution in [3.63, 3.8) is 0 Å². The fourth-order valence-electron chi connectivity index (χ4n) is 0.814. The van der Waals surface area contributed by atoms with Gasteiger partial charge in [-0.05, 0) is 6.07 Å². The van der Waals surface area contributed by atoms with Gasteiger partial charge in [-0.25, -0.2) is 4.79 Å². The molecule has 0 saturated carbocycles. The van der Waals surface area contributed by atoms with Gasteiger partial charge in [-0.15, -0.1) is 23.2 Å². The molecule has 0 spiro atoms. The summed E-state index contributed by atoms with van der Waals surface area (Å²) in [5.41, 5.74) is -0.674. The molecule has 1 aromatic carbocycles. The third kappa shape index (κ3) is 4.62. The average Bonchev–Trinajstić information content (AvgIpc) is 2.19. The van der Waals surface area contributed by atoms with Gasteiger partial charge in [0, 0.05) is 6.07 Å². The lowest BCUT2D eigenvalue weighted by Crippen LogP contribution is -2.01. The van der Waals surface area contributed by atoms with Gasteiger partial charge in [-0.3, -0.25) is 10.1 Å². The molecule has 0 amide bonds. The minimum Gasteiger partial charge on any atom is -0.477 e. The van der Waals surface area contributed by atoms with Crippen LogP contribution in [0.1, 0.15) is 10.4 Å². The van der Waals surface area contributed by atoms with Gasteiger partial charge in [0.05, 0.1) is 10.3 Å². The molecule has 0 atom stereocenters. The van der Waals surface area contributed by atoms with Crippen LogP contribution in [0, 0.1) is 10.1 Å². The van der Waals surface area contributed by atoms with E-state index in [9.17, 15) is 14.9 Å². The minimum absolute atomic E-state index is 0.194. The van der Waals surface area contributed by atoms with Gasteiger partial charge in [0.2, 0.25) is 0 Å². The van der Waals surface area contributed by atoms with Crippen molar-refractivity contribution < 1.29 is 14.8 Å². The molecule has 0 fully saturated rings. The number of alkyl halides is 2. The number of hydrogen-bond donors (Lipinski definition) is 1. The maximum absolute atomic E-state index is 10.4. The van der Waals surface area contributed by atoms with Crippen LogP contribution < -0.4 is 0 Å². The second-order valence-corrected chi connectivity index (χ2v) is 2.99. The van der Waals surface area contributed by atoms with Gasteiger partial charge < -0.3 is 5.11 Å². The number of halogens is 2. The zero-order valence-corrected chi connectivity index (χ0v) is 8.90. The number of carboxylic acids is 1. The van der Waals surface area contributed by atoms with Crippen LogP contribution in [0.5, 0.6) is 0 Å². The topological polar surface area (TPSA) is 80.4 Å². The molecular weight excluding hydrogens is 245 g/mol. The van der Waals surface area contributed by atoms with Crippen LogP contribution in [0.4, 0.5) is 5.69 Å². The Balaban J connectivity index is 0.000000583. The Hall–Kier alpha value is -1.33. The molecule has 0 aliphatic rings. The lowest BCUT2D eigenvalue weighted by Gasteiger charge is -1.94. The van der Waals surface area contributed by atoms with E-state index < -0.39 is 10.9 Å². The summed E-state index contributed by atoms with van der Waals surface area (Å²) in [6.07, 6.45) is 0. The van der Waals surface area contributed by atoms with Gasteiger partial charge in [0.1, 0.15) is 5.56 Å². The van der Waals surface area contributed by atoms with E-state index in [1.165, 1.54) is 18.2 Å². The van der Waals surface area contributed by atoms with Crippen molar-refractivity contribution >= 4 is 34.9 Å². The van der Waals surface area contributed by atoms with E-state index >= 15 is 0 Å². The molecule has 0 saturated heterocycles. The van der Waals surface area contributed by atoms with Crippen molar-refractivity contribution in [2.24, 2.45) is 0 Å². The highest BCUT2D eigenvalue weighted by Crippen LogP contribution is 2.16. The van der Waals surface area contributed by atoms with Crippen LogP contribution in [-0.2, 0) is 0 Å². The summed E-state index contributed by atoms with van der Waals surface area (Å²) in [7, 11) is 0. The highest BCUT2D eigenvalue weighted by Gasteiger charge is 2.17. The number of para-hydroxylation sites is 1. The number of carbonyl (C=O) groups is 1. The Morgan fingerprint density at radius 2 is 1.87 bits per heavy atom. The number of hydrogen-bond acceptors (Lipinski definition) is 3. The normalized spacial score (nSPS) is 8.67. The lowest BCUT2D eigenvalue weighted by atomic mass is 10.2. The Morgan fingerprint density at radius 3 is 2.20 bits per heavy atom. The monoisotopic (exact) mass is 251 g/mol. The first-order valence-corrected chi connectivity index (χ1v) is 4.70. The summed E-state index contributed by atoms with van der Waals surface area (Å²) in [6, 6.07) is 5.21. The number of aromatic carboxylic acids is 1. The molecule has 0 unspecified atom stereocenters. The van der Waals surface area contributed by atoms with E-state index in [2.05, 4.69) is 0 Å². The van der Waals surface area contributed by atoms with E-state index in [4.69, 9.17) is 28.3 Å². The zero-order valence-electron chi connectivity index (χ0n) is 7.39. The molecule has 1 N–H and O–H groups in total. The summed E-state index contributed by atoms with van der Waals surface area (Å²) in [4.78, 5) is 20.0. The third-order valence-electron chi connectivity index (χ3n) is 1.33. The van der Waals surface area contributed by atoms with Crippen molar-refractivity contribution in [1.29, 1.82) is 0 Å². The number of nitro benzene ring substituents is 1. The highest BCUT2D eigenvalue weighted by molar-refractivity contribution is 6.40. The molecule has 1 aromatic rings. The molecule has 5 nitrogen and oxygen atoms in total. The second kappa shape index (κ2) is 7.03. The van der Waals surface area contributed by atoms with Gasteiger partial charge in [0.15, 0.2) is 0 Å². The van der Waals surface area contributed by atoms with Gasteiger partial charge in [-0.2, -0.15) is 0 Å². The number of benzene rings is 1. The first-order valence-electron chi connectivity index (χ1n) is 3.63. The smallest absolute Gasteiger partial charge is 0.342 e. The molecule has 15 heavy (non-hydrogen) atoms. The second-order valence-electron chi connectivity index (χ2n) is 2.18. The van der Waals surface area contributed by atoms with Crippen molar-refractivity contribution in [3.8, 4) is 0 Å². The molecule has 7 heteroatoms. The summed E-state index contributed by atoms with van der Waals surface area (Å²) in [5.74, 6) is -1.29. The number of rotatable bonds is 2. The fraction of sp³-hybridized carbons (Fsp3) is 0.125. The van der Waals surface area contributed by atoms with Crippen molar-refractivity contribution in [1.82, 2.24) is 0 Å². The highest BCUT2D eigenvalue weighted by atomic mass is 35.5. The largest absolute Gasteiger partial charge is 0.477 e. The quantitative estimate of drug-likeness (QED) is 0.498. The van der Waals surface area contributed by atoms with E-state index in [-0.39, 0.29) is 16.6 Å². The van der Waals surface area contributed by atoms with Gasteiger partial charge >= 0.3 is 5.97 Å². The molecule has 1 rings (SSSR count). The molecule has 0 aromatic heterocycles. The molecule has 0 radical (unpaired) electrons. The predicted octanol–water partition coefficient (Wildman–Crippen LogP) is 2.71. The predicted molar refractivity (Wildman–Crippen MR) is 56.6 cm³/mol. The number of carboxylic acid groups (broad SMARTS) is 1. The van der Waals surface area contributed by atoms with Crippen LogP contribution in [0.2, 0.25) is 0 Å². The first kappa shape index (κ1) is 13.7. The molecule has 0 aliphatic carbocycles. The fourth-order valence-corrected chi connectivity index (χ4v) is 0.814. The van der Waals surface area contributed by atoms with E-state index in [1.54, 1.807) is 0 Å². The van der Waals surface area contributed by atoms with E-state index in [1.807, 2.05) is 0 Å². The van der Waals surface area contributed by atoms with Crippen LogP contribution in [-0.4, -0.2) is 21.3 Å². The maximum Gasteiger partial charge on any atom is 0.342 e.